The molecule has 0 unspecified atom stereocenters. The molecule has 2 aromatic carbocycles. The SMILES string of the molecule is O=C(C[C@@H](C(=O)O)[C@@H](OC(=O)c1ccccc1)C(=O)O)c1ccccc1. The average molecular weight is 356 g/mol. The number of esters is 1. The third-order valence-electron chi connectivity index (χ3n) is 3.67. The van der Waals surface area contributed by atoms with E-state index >= 15 is 0 Å². The second-order valence-electron chi connectivity index (χ2n) is 5.47. The Bertz CT molecular complexity index is 730. The normalized spacial score (nSPS) is 12.6. The molecule has 26 heavy (non-hydrogen) atoms. The molecule has 0 spiro atoms. The first-order valence-electron chi connectivity index (χ1n) is 7.70. The molecule has 0 aliphatic carbocycles. The maximum Gasteiger partial charge on any atom is 0.345 e. The summed E-state index contributed by atoms with van der Waals surface area (Å²) >= 11 is 0. The van der Waals surface area contributed by atoms with Crippen LogP contribution in [0.4, 0.5) is 0 Å². The van der Waals surface area contributed by atoms with Gasteiger partial charge in [-0.05, 0) is 12.1 Å². The van der Waals surface area contributed by atoms with Crippen molar-refractivity contribution in [3.05, 3.63) is 71.8 Å². The molecule has 2 aromatic rings. The number of aliphatic carboxylic acids is 2. The minimum absolute atomic E-state index is 0.0808. The quantitative estimate of drug-likeness (QED) is 0.550. The van der Waals surface area contributed by atoms with Crippen LogP contribution in [-0.2, 0) is 14.3 Å². The van der Waals surface area contributed by atoms with Crippen LogP contribution in [0.15, 0.2) is 60.7 Å². The Morgan fingerprint density at radius 2 is 1.27 bits per heavy atom. The fourth-order valence-electron chi connectivity index (χ4n) is 2.33. The van der Waals surface area contributed by atoms with Crippen molar-refractivity contribution in [2.45, 2.75) is 12.5 Å². The van der Waals surface area contributed by atoms with Crippen molar-refractivity contribution in [3.63, 3.8) is 0 Å². The maximum absolute atomic E-state index is 12.2. The predicted octanol–water partition coefficient (Wildman–Crippen LogP) is 2.27. The lowest BCUT2D eigenvalue weighted by Gasteiger charge is -2.20. The van der Waals surface area contributed by atoms with Gasteiger partial charge in [-0.25, -0.2) is 9.59 Å². The highest BCUT2D eigenvalue weighted by Gasteiger charge is 2.39. The minimum Gasteiger partial charge on any atom is -0.481 e. The molecular formula is C19H16O7. The number of carboxylic acid groups (broad SMARTS) is 2. The van der Waals surface area contributed by atoms with Crippen LogP contribution < -0.4 is 0 Å². The van der Waals surface area contributed by atoms with Crippen molar-refractivity contribution < 1.29 is 34.1 Å². The first-order valence-corrected chi connectivity index (χ1v) is 7.70. The van der Waals surface area contributed by atoms with E-state index in [1.54, 1.807) is 36.4 Å². The molecule has 2 rings (SSSR count). The number of carboxylic acids is 2. The largest absolute Gasteiger partial charge is 0.481 e. The molecule has 7 nitrogen and oxygen atoms in total. The maximum atomic E-state index is 12.2. The summed E-state index contributed by atoms with van der Waals surface area (Å²) in [7, 11) is 0. The monoisotopic (exact) mass is 356 g/mol. The Balaban J connectivity index is 2.20. The van der Waals surface area contributed by atoms with Crippen LogP contribution in [0.1, 0.15) is 27.1 Å². The van der Waals surface area contributed by atoms with Crippen LogP contribution in [-0.4, -0.2) is 40.0 Å². The molecule has 2 N–H and O–H groups in total. The summed E-state index contributed by atoms with van der Waals surface area (Å²) in [4.78, 5) is 47.3. The zero-order chi connectivity index (χ0) is 19.1. The zero-order valence-electron chi connectivity index (χ0n) is 13.6. The lowest BCUT2D eigenvalue weighted by molar-refractivity contribution is -0.159. The molecule has 0 aromatic heterocycles. The number of carbonyl (C=O) groups is 4. The van der Waals surface area contributed by atoms with E-state index < -0.39 is 42.1 Å². The number of hydrogen-bond acceptors (Lipinski definition) is 5. The van der Waals surface area contributed by atoms with E-state index in [4.69, 9.17) is 4.74 Å². The first kappa shape index (κ1) is 18.9. The molecule has 0 saturated carbocycles. The lowest BCUT2D eigenvalue weighted by atomic mass is 9.93. The fraction of sp³-hybridized carbons (Fsp3) is 0.158. The molecule has 0 aliphatic rings. The topological polar surface area (TPSA) is 118 Å². The number of Topliss-reactive ketones (excluding diaryl/α,β-unsaturated/α-hetero) is 1. The molecule has 0 radical (unpaired) electrons. The Kier molecular flexibility index (Phi) is 6.21. The summed E-state index contributed by atoms with van der Waals surface area (Å²) in [6, 6.07) is 15.5. The Hall–Kier alpha value is -3.48. The Morgan fingerprint density at radius 1 is 0.769 bits per heavy atom. The standard InChI is InChI=1S/C19H16O7/c20-15(12-7-3-1-4-8-12)11-14(17(21)22)16(18(23)24)26-19(25)13-9-5-2-6-10-13/h1-10,14,16H,11H2,(H,21,22)(H,23,24)/t14-,16-/m1/s1. The van der Waals surface area contributed by atoms with E-state index in [0.717, 1.165) is 0 Å². The number of ketones is 1. The highest BCUT2D eigenvalue weighted by molar-refractivity contribution is 5.99. The molecule has 0 heterocycles. The van der Waals surface area contributed by atoms with Gasteiger partial charge in [0.05, 0.1) is 5.56 Å². The van der Waals surface area contributed by atoms with Gasteiger partial charge in [0.25, 0.3) is 0 Å². The highest BCUT2D eigenvalue weighted by atomic mass is 16.6. The van der Waals surface area contributed by atoms with E-state index in [2.05, 4.69) is 0 Å². The van der Waals surface area contributed by atoms with E-state index in [1.165, 1.54) is 24.3 Å². The summed E-state index contributed by atoms with van der Waals surface area (Å²) in [6.45, 7) is 0. The van der Waals surface area contributed by atoms with Crippen molar-refractivity contribution in [1.82, 2.24) is 0 Å². The van der Waals surface area contributed by atoms with Crippen LogP contribution >= 0.6 is 0 Å². The highest BCUT2D eigenvalue weighted by Crippen LogP contribution is 2.19. The van der Waals surface area contributed by atoms with Gasteiger partial charge in [-0.1, -0.05) is 48.5 Å². The summed E-state index contributed by atoms with van der Waals surface area (Å²) in [5, 5.41) is 18.7. The van der Waals surface area contributed by atoms with Gasteiger partial charge >= 0.3 is 17.9 Å². The zero-order valence-corrected chi connectivity index (χ0v) is 13.6. The molecule has 0 bridgehead atoms. The fourth-order valence-corrected chi connectivity index (χ4v) is 2.33. The summed E-state index contributed by atoms with van der Waals surface area (Å²) in [5.41, 5.74) is 0.328. The van der Waals surface area contributed by atoms with Crippen molar-refractivity contribution in [3.8, 4) is 0 Å². The van der Waals surface area contributed by atoms with E-state index in [9.17, 15) is 29.4 Å². The van der Waals surface area contributed by atoms with Gasteiger partial charge in [0.2, 0.25) is 6.10 Å². The van der Waals surface area contributed by atoms with Gasteiger partial charge in [-0.15, -0.1) is 0 Å². The summed E-state index contributed by atoms with van der Waals surface area (Å²) < 4.78 is 4.89. The van der Waals surface area contributed by atoms with Gasteiger partial charge < -0.3 is 14.9 Å². The average Bonchev–Trinajstić information content (AvgIpc) is 2.65. The summed E-state index contributed by atoms with van der Waals surface area (Å²) in [6.07, 6.45) is -2.61. The third-order valence-corrected chi connectivity index (χ3v) is 3.67. The molecule has 134 valence electrons. The minimum atomic E-state index is -1.99. The number of carbonyl (C=O) groups excluding carboxylic acids is 2. The molecule has 0 aliphatic heterocycles. The third kappa shape index (κ3) is 4.76. The Morgan fingerprint density at radius 3 is 1.73 bits per heavy atom. The van der Waals surface area contributed by atoms with Gasteiger partial charge in [0, 0.05) is 12.0 Å². The van der Waals surface area contributed by atoms with E-state index in [-0.39, 0.29) is 11.1 Å². The van der Waals surface area contributed by atoms with Crippen molar-refractivity contribution in [2.75, 3.05) is 0 Å². The van der Waals surface area contributed by atoms with Crippen LogP contribution in [0, 0.1) is 5.92 Å². The van der Waals surface area contributed by atoms with Crippen molar-refractivity contribution in [2.24, 2.45) is 5.92 Å². The Labute approximate surface area is 148 Å². The predicted molar refractivity (Wildman–Crippen MR) is 89.8 cm³/mol. The first-order chi connectivity index (χ1) is 12.4. The molecule has 2 atom stereocenters. The number of benzene rings is 2. The van der Waals surface area contributed by atoms with Crippen LogP contribution in [0.5, 0.6) is 0 Å². The van der Waals surface area contributed by atoms with Crippen LogP contribution in [0.2, 0.25) is 0 Å². The lowest BCUT2D eigenvalue weighted by Crippen LogP contribution is -2.40. The van der Waals surface area contributed by atoms with Crippen LogP contribution in [0.25, 0.3) is 0 Å². The smallest absolute Gasteiger partial charge is 0.345 e. The second kappa shape index (κ2) is 8.57. The van der Waals surface area contributed by atoms with E-state index in [1.807, 2.05) is 0 Å². The number of ether oxygens (including phenoxy) is 1. The molecule has 0 fully saturated rings. The van der Waals surface area contributed by atoms with Gasteiger partial charge in [0.1, 0.15) is 5.92 Å². The van der Waals surface area contributed by atoms with Gasteiger partial charge in [-0.3, -0.25) is 9.59 Å². The number of hydrogen-bond donors (Lipinski definition) is 2. The molecule has 0 saturated heterocycles. The van der Waals surface area contributed by atoms with E-state index in [0.29, 0.717) is 0 Å². The molecule has 0 amide bonds. The van der Waals surface area contributed by atoms with Gasteiger partial charge in [-0.2, -0.15) is 0 Å². The van der Waals surface area contributed by atoms with Gasteiger partial charge in [0.15, 0.2) is 5.78 Å². The van der Waals surface area contributed by atoms with Crippen molar-refractivity contribution >= 4 is 23.7 Å². The van der Waals surface area contributed by atoms with Crippen LogP contribution in [0.3, 0.4) is 0 Å². The second-order valence-corrected chi connectivity index (χ2v) is 5.47. The summed E-state index contributed by atoms with van der Waals surface area (Å²) in [5.74, 6) is -6.42. The molecule has 7 heteroatoms. The molecular weight excluding hydrogens is 340 g/mol. The van der Waals surface area contributed by atoms with Crippen molar-refractivity contribution in [1.29, 1.82) is 0 Å². The number of rotatable bonds is 8.